The molecule has 1 aromatic rings. The summed E-state index contributed by atoms with van der Waals surface area (Å²) in [6.07, 6.45) is 5.04. The predicted octanol–water partition coefficient (Wildman–Crippen LogP) is 2.19. The zero-order valence-electron chi connectivity index (χ0n) is 12.2. The van der Waals surface area contributed by atoms with Crippen molar-refractivity contribution in [3.8, 4) is 0 Å². The van der Waals surface area contributed by atoms with E-state index in [0.717, 1.165) is 38.8 Å². The van der Waals surface area contributed by atoms with Gasteiger partial charge in [-0.15, -0.1) is 0 Å². The van der Waals surface area contributed by atoms with Crippen molar-refractivity contribution < 1.29 is 4.79 Å². The highest BCUT2D eigenvalue weighted by Gasteiger charge is 2.44. The Balaban J connectivity index is 1.56. The van der Waals surface area contributed by atoms with Gasteiger partial charge in [0.25, 0.3) is 0 Å². The van der Waals surface area contributed by atoms with Crippen LogP contribution >= 0.6 is 0 Å². The maximum Gasteiger partial charge on any atom is 0.220 e. The largest absolute Gasteiger partial charge is 0.350 e. The number of carbonyl (C=O) groups excluding carboxylic acids is 1. The van der Waals surface area contributed by atoms with Crippen molar-refractivity contribution >= 4 is 5.91 Å². The number of rotatable bonds is 5. The molecule has 0 unspecified atom stereocenters. The van der Waals surface area contributed by atoms with Crippen LogP contribution in [0.2, 0.25) is 0 Å². The van der Waals surface area contributed by atoms with Gasteiger partial charge in [0.15, 0.2) is 0 Å². The molecule has 1 aliphatic carbocycles. The van der Waals surface area contributed by atoms with Gasteiger partial charge >= 0.3 is 0 Å². The van der Waals surface area contributed by atoms with E-state index in [1.807, 2.05) is 0 Å². The fourth-order valence-corrected chi connectivity index (χ4v) is 3.17. The van der Waals surface area contributed by atoms with Crippen molar-refractivity contribution in [3.63, 3.8) is 0 Å². The Morgan fingerprint density at radius 2 is 2.20 bits per heavy atom. The lowest BCUT2D eigenvalue weighted by Crippen LogP contribution is -2.39. The van der Waals surface area contributed by atoms with Crippen LogP contribution < -0.4 is 10.6 Å². The van der Waals surface area contributed by atoms with E-state index in [-0.39, 0.29) is 11.4 Å². The highest BCUT2D eigenvalue weighted by atomic mass is 16.1. The van der Waals surface area contributed by atoms with Crippen molar-refractivity contribution in [1.29, 1.82) is 0 Å². The molecule has 3 heteroatoms. The molecule has 0 aromatic heterocycles. The Morgan fingerprint density at radius 1 is 1.40 bits per heavy atom. The first-order valence-corrected chi connectivity index (χ1v) is 7.73. The van der Waals surface area contributed by atoms with E-state index in [4.69, 9.17) is 0 Å². The minimum absolute atomic E-state index is 0.0508. The van der Waals surface area contributed by atoms with E-state index in [0.29, 0.717) is 12.3 Å². The Kier molecular flexibility index (Phi) is 3.79. The molecule has 1 aromatic carbocycles. The minimum atomic E-state index is 0.0508. The third kappa shape index (κ3) is 3.21. The number of carbonyl (C=O) groups is 1. The lowest BCUT2D eigenvalue weighted by atomic mass is 9.98. The molecule has 0 bridgehead atoms. The third-order valence-corrected chi connectivity index (χ3v) is 4.68. The summed E-state index contributed by atoms with van der Waals surface area (Å²) in [4.78, 5) is 12.2. The first-order chi connectivity index (χ1) is 9.67. The van der Waals surface area contributed by atoms with Gasteiger partial charge < -0.3 is 10.6 Å². The van der Waals surface area contributed by atoms with Crippen LogP contribution in [0.5, 0.6) is 0 Å². The molecule has 1 saturated carbocycles. The number of aryl methyl sites for hydroxylation is 1. The van der Waals surface area contributed by atoms with Gasteiger partial charge in [0.1, 0.15) is 0 Å². The summed E-state index contributed by atoms with van der Waals surface area (Å²) in [5.41, 5.74) is 2.75. The molecule has 1 amide bonds. The zero-order valence-corrected chi connectivity index (χ0v) is 12.2. The second kappa shape index (κ2) is 5.57. The molecule has 2 aliphatic rings. The van der Waals surface area contributed by atoms with Crippen LogP contribution in [-0.2, 0) is 11.2 Å². The quantitative estimate of drug-likeness (QED) is 0.862. The Labute approximate surface area is 121 Å². The molecule has 0 radical (unpaired) electrons. The lowest BCUT2D eigenvalue weighted by molar-refractivity contribution is -0.122. The van der Waals surface area contributed by atoms with Crippen LogP contribution in [0.3, 0.4) is 0 Å². The average molecular weight is 272 g/mol. The molecule has 3 nitrogen and oxygen atoms in total. The van der Waals surface area contributed by atoms with E-state index >= 15 is 0 Å². The van der Waals surface area contributed by atoms with Crippen molar-refractivity contribution in [2.24, 2.45) is 5.92 Å². The van der Waals surface area contributed by atoms with Gasteiger partial charge in [-0.1, -0.05) is 24.3 Å². The van der Waals surface area contributed by atoms with E-state index < -0.39 is 0 Å². The first-order valence-electron chi connectivity index (χ1n) is 7.73. The number of hydrogen-bond donors (Lipinski definition) is 2. The Bertz CT molecular complexity index is 488. The van der Waals surface area contributed by atoms with Gasteiger partial charge in [-0.2, -0.15) is 0 Å². The first kappa shape index (κ1) is 13.6. The molecule has 20 heavy (non-hydrogen) atoms. The molecule has 1 heterocycles. The molecular weight excluding hydrogens is 248 g/mol. The Morgan fingerprint density at radius 3 is 2.85 bits per heavy atom. The molecule has 3 rings (SSSR count). The number of amides is 1. The smallest absolute Gasteiger partial charge is 0.220 e. The SMILES string of the molecule is Cc1ccccc1CC1(NC(=O)C[C@@H]2CCNC2)CC1. The maximum atomic E-state index is 12.2. The number of hydrogen-bond acceptors (Lipinski definition) is 2. The topological polar surface area (TPSA) is 41.1 Å². The number of nitrogens with one attached hydrogen (secondary N) is 2. The third-order valence-electron chi connectivity index (χ3n) is 4.68. The summed E-state index contributed by atoms with van der Waals surface area (Å²) in [7, 11) is 0. The van der Waals surface area contributed by atoms with Crippen molar-refractivity contribution in [2.45, 2.75) is 44.6 Å². The van der Waals surface area contributed by atoms with Crippen molar-refractivity contribution in [2.75, 3.05) is 13.1 Å². The highest BCUT2D eigenvalue weighted by molar-refractivity contribution is 5.77. The van der Waals surface area contributed by atoms with Gasteiger partial charge in [0.05, 0.1) is 0 Å². The van der Waals surface area contributed by atoms with Crippen LogP contribution in [0.15, 0.2) is 24.3 Å². The van der Waals surface area contributed by atoms with Crippen molar-refractivity contribution in [3.05, 3.63) is 35.4 Å². The summed E-state index contributed by atoms with van der Waals surface area (Å²) in [5.74, 6) is 0.772. The summed E-state index contributed by atoms with van der Waals surface area (Å²) in [6, 6.07) is 8.49. The predicted molar refractivity (Wildman–Crippen MR) is 80.6 cm³/mol. The molecule has 0 spiro atoms. The fourth-order valence-electron chi connectivity index (χ4n) is 3.17. The van der Waals surface area contributed by atoms with Crippen LogP contribution in [0, 0.1) is 12.8 Å². The highest BCUT2D eigenvalue weighted by Crippen LogP contribution is 2.39. The van der Waals surface area contributed by atoms with Gasteiger partial charge in [0.2, 0.25) is 5.91 Å². The lowest BCUT2D eigenvalue weighted by Gasteiger charge is -2.20. The number of benzene rings is 1. The summed E-state index contributed by atoms with van der Waals surface area (Å²) in [5, 5.41) is 6.63. The average Bonchev–Trinajstić information content (AvgIpc) is 2.96. The molecular formula is C17H24N2O. The maximum absolute atomic E-state index is 12.2. The van der Waals surface area contributed by atoms with Crippen molar-refractivity contribution in [1.82, 2.24) is 10.6 Å². The Hall–Kier alpha value is -1.35. The van der Waals surface area contributed by atoms with Crippen LogP contribution in [0.1, 0.15) is 36.8 Å². The van der Waals surface area contributed by atoms with Crippen LogP contribution in [-0.4, -0.2) is 24.5 Å². The standard InChI is InChI=1S/C17H24N2O/c1-13-4-2-3-5-15(13)11-17(7-8-17)19-16(20)10-14-6-9-18-12-14/h2-5,14,18H,6-12H2,1H3,(H,19,20)/t14-/m0/s1. The van der Waals surface area contributed by atoms with Gasteiger partial charge in [-0.05, 0) is 62.7 Å². The summed E-state index contributed by atoms with van der Waals surface area (Å²) >= 11 is 0. The molecule has 1 atom stereocenters. The molecule has 1 aliphatic heterocycles. The second-order valence-corrected chi connectivity index (χ2v) is 6.49. The van der Waals surface area contributed by atoms with E-state index in [1.165, 1.54) is 11.1 Å². The minimum Gasteiger partial charge on any atom is -0.350 e. The molecule has 108 valence electrons. The van der Waals surface area contributed by atoms with Crippen LogP contribution in [0.25, 0.3) is 0 Å². The summed E-state index contributed by atoms with van der Waals surface area (Å²) < 4.78 is 0. The van der Waals surface area contributed by atoms with Gasteiger partial charge in [-0.25, -0.2) is 0 Å². The zero-order chi connectivity index (χ0) is 14.0. The van der Waals surface area contributed by atoms with E-state index in [2.05, 4.69) is 41.8 Å². The summed E-state index contributed by atoms with van der Waals surface area (Å²) in [6.45, 7) is 4.21. The van der Waals surface area contributed by atoms with Gasteiger partial charge in [-0.3, -0.25) is 4.79 Å². The van der Waals surface area contributed by atoms with E-state index in [9.17, 15) is 4.79 Å². The molecule has 2 N–H and O–H groups in total. The fraction of sp³-hybridized carbons (Fsp3) is 0.588. The second-order valence-electron chi connectivity index (χ2n) is 6.49. The normalized spacial score (nSPS) is 23.6. The monoisotopic (exact) mass is 272 g/mol. The van der Waals surface area contributed by atoms with Gasteiger partial charge in [0, 0.05) is 12.0 Å². The molecule has 1 saturated heterocycles. The molecule has 2 fully saturated rings. The van der Waals surface area contributed by atoms with E-state index in [1.54, 1.807) is 0 Å². The van der Waals surface area contributed by atoms with Crippen LogP contribution in [0.4, 0.5) is 0 Å².